The Kier molecular flexibility index (Phi) is 7.13. The van der Waals surface area contributed by atoms with Crippen molar-refractivity contribution in [3.63, 3.8) is 0 Å². The molecule has 0 atom stereocenters. The van der Waals surface area contributed by atoms with Gasteiger partial charge in [0, 0.05) is 39.1 Å². The molecule has 0 aromatic heterocycles. The summed E-state index contributed by atoms with van der Waals surface area (Å²) >= 11 is 0. The molecule has 0 spiro atoms. The Morgan fingerprint density at radius 1 is 0.404 bits per heavy atom. The largest absolute Gasteiger partial charge is 0.310 e. The summed E-state index contributed by atoms with van der Waals surface area (Å²) in [7, 11) is 4.50. The first kappa shape index (κ1) is 31.4. The van der Waals surface area contributed by atoms with Crippen LogP contribution >= 0.6 is 0 Å². The molecule has 3 nitrogen and oxygen atoms in total. The molecule has 0 fully saturated rings. The van der Waals surface area contributed by atoms with Gasteiger partial charge in [-0.1, -0.05) is 72.8 Å². The average Bonchev–Trinajstić information content (AvgIpc) is 3.29. The molecule has 47 heavy (non-hydrogen) atoms. The maximum atomic E-state index is 2.51. The number of benzene rings is 5. The number of hydrogen-bond donors (Lipinski definition) is 0. The minimum atomic E-state index is -0.0777. The Labute approximate surface area is 282 Å². The Balaban J connectivity index is 1.47. The van der Waals surface area contributed by atoms with Gasteiger partial charge in [-0.05, 0) is 151 Å². The maximum Gasteiger partial charge on any atom is 0.0546 e. The van der Waals surface area contributed by atoms with E-state index in [2.05, 4.69) is 199 Å². The second-order valence-electron chi connectivity index (χ2n) is 15.6. The molecule has 0 radical (unpaired) electrons. The molecule has 5 aromatic rings. The van der Waals surface area contributed by atoms with Crippen LogP contribution in [-0.4, -0.2) is 23.9 Å². The van der Waals surface area contributed by atoms with E-state index in [1.807, 2.05) is 0 Å². The third-order valence-corrected chi connectivity index (χ3v) is 11.9. The van der Waals surface area contributed by atoms with Gasteiger partial charge in [-0.25, -0.2) is 0 Å². The summed E-state index contributed by atoms with van der Waals surface area (Å²) in [5, 5.41) is 0. The van der Waals surface area contributed by atoms with Crippen LogP contribution in [0.5, 0.6) is 0 Å². The first-order chi connectivity index (χ1) is 22.2. The topological polar surface area (TPSA) is 9.72 Å². The zero-order valence-electron chi connectivity index (χ0n) is 29.8. The first-order valence-electron chi connectivity index (χ1n) is 17.0. The van der Waals surface area contributed by atoms with Crippen LogP contribution in [-0.2, 0) is 22.2 Å². The van der Waals surface area contributed by atoms with Crippen LogP contribution < -0.4 is 4.90 Å². The number of fused-ring (bicyclic) bond motifs is 2. The van der Waals surface area contributed by atoms with Crippen molar-refractivity contribution in [1.82, 2.24) is 9.80 Å². The molecule has 0 N–H and O–H groups in total. The van der Waals surface area contributed by atoms with Gasteiger partial charge < -0.3 is 4.90 Å². The molecule has 5 aromatic carbocycles. The van der Waals surface area contributed by atoms with Gasteiger partial charge in [-0.15, -0.1) is 0 Å². The Morgan fingerprint density at radius 3 is 1.28 bits per heavy atom. The molecule has 7 rings (SSSR count). The lowest BCUT2D eigenvalue weighted by Crippen LogP contribution is -2.42. The summed E-state index contributed by atoms with van der Waals surface area (Å²) in [5.41, 5.74) is 13.8. The minimum absolute atomic E-state index is 0.0201. The molecule has 0 unspecified atom stereocenters. The van der Waals surface area contributed by atoms with Crippen LogP contribution in [0.4, 0.5) is 17.1 Å². The normalized spacial score (nSPS) is 18.9. The monoisotopic (exact) mass is 619 g/mol. The van der Waals surface area contributed by atoms with Crippen LogP contribution in [0.3, 0.4) is 0 Å². The highest BCUT2D eigenvalue weighted by molar-refractivity contribution is 5.91. The van der Waals surface area contributed by atoms with E-state index in [-0.39, 0.29) is 22.2 Å². The summed E-state index contributed by atoms with van der Waals surface area (Å²) < 4.78 is 0. The zero-order chi connectivity index (χ0) is 33.5. The summed E-state index contributed by atoms with van der Waals surface area (Å²) in [5.74, 6) is 0. The van der Waals surface area contributed by atoms with Crippen LogP contribution in [0.1, 0.15) is 77.6 Å². The van der Waals surface area contributed by atoms with Crippen molar-refractivity contribution in [2.24, 2.45) is 0 Å². The van der Waals surface area contributed by atoms with Crippen LogP contribution in [0.2, 0.25) is 0 Å². The van der Waals surface area contributed by atoms with Crippen molar-refractivity contribution in [1.29, 1.82) is 0 Å². The zero-order valence-corrected chi connectivity index (χ0v) is 29.8. The van der Waals surface area contributed by atoms with Gasteiger partial charge in [0.25, 0.3) is 0 Å². The van der Waals surface area contributed by atoms with Crippen molar-refractivity contribution in [2.75, 3.05) is 19.0 Å². The summed E-state index contributed by atoms with van der Waals surface area (Å²) in [4.78, 5) is 7.43. The van der Waals surface area contributed by atoms with Crippen molar-refractivity contribution in [2.45, 2.75) is 77.5 Å². The van der Waals surface area contributed by atoms with Gasteiger partial charge in [0.1, 0.15) is 0 Å². The number of hydrogen-bond acceptors (Lipinski definition) is 3. The van der Waals surface area contributed by atoms with Gasteiger partial charge in [-0.2, -0.15) is 0 Å². The summed E-state index contributed by atoms with van der Waals surface area (Å²) in [6.07, 6.45) is 0. The van der Waals surface area contributed by atoms with Crippen LogP contribution in [0, 0.1) is 0 Å². The quantitative estimate of drug-likeness (QED) is 0.194. The smallest absolute Gasteiger partial charge is 0.0546 e. The van der Waals surface area contributed by atoms with Crippen LogP contribution in [0.15, 0.2) is 115 Å². The Hall–Kier alpha value is -4.18. The first-order valence-corrected chi connectivity index (χ1v) is 17.0. The minimum Gasteiger partial charge on any atom is -0.310 e. The lowest BCUT2D eigenvalue weighted by molar-refractivity contribution is 0.0729. The molecule has 2 aliphatic rings. The molecule has 240 valence electrons. The van der Waals surface area contributed by atoms with Crippen molar-refractivity contribution < 1.29 is 0 Å². The van der Waals surface area contributed by atoms with Gasteiger partial charge in [0.15, 0.2) is 0 Å². The van der Waals surface area contributed by atoms with E-state index >= 15 is 0 Å². The molecule has 3 heteroatoms. The fraction of sp³-hybridized carbons (Fsp3) is 0.318. The van der Waals surface area contributed by atoms with Gasteiger partial charge in [0.05, 0.1) is 5.69 Å². The third-order valence-electron chi connectivity index (χ3n) is 11.9. The standard InChI is InChI=1S/C44H49N3/c1-41(2)36-25-22-30(27-38(36)43(5,6)45(41)9)31-21-24-35(32-23-26-37-39(28-32)44(7,8)46(10)42(37,3)4)40(29-31)47(33-17-13-11-14-18-33)34-19-15-12-16-20-34/h11-29H,1-10H3. The SMILES string of the molecule is CN1C(C)(C)c2ccc(-c3ccc(-c4ccc5c(c4)C(C)(C)N(C)C5(C)C)c(N(c4ccccc4)c4ccccc4)c3)cc2C1(C)C. The molecule has 0 saturated heterocycles. The van der Waals surface area contributed by atoms with Gasteiger partial charge in [0.2, 0.25) is 0 Å². The van der Waals surface area contributed by atoms with Crippen molar-refractivity contribution in [3.8, 4) is 22.3 Å². The van der Waals surface area contributed by atoms with Gasteiger partial charge >= 0.3 is 0 Å². The number of para-hydroxylation sites is 2. The number of anilines is 3. The van der Waals surface area contributed by atoms with E-state index in [0.717, 1.165) is 11.4 Å². The van der Waals surface area contributed by atoms with Crippen molar-refractivity contribution in [3.05, 3.63) is 138 Å². The molecule has 0 aliphatic carbocycles. The Morgan fingerprint density at radius 2 is 0.787 bits per heavy atom. The fourth-order valence-electron chi connectivity index (χ4n) is 8.36. The maximum absolute atomic E-state index is 2.51. The molecular weight excluding hydrogens is 571 g/mol. The lowest BCUT2D eigenvalue weighted by atomic mass is 9.86. The van der Waals surface area contributed by atoms with E-state index in [4.69, 9.17) is 0 Å². The van der Waals surface area contributed by atoms with E-state index in [0.29, 0.717) is 0 Å². The lowest BCUT2D eigenvalue weighted by Gasteiger charge is -2.37. The number of rotatable bonds is 5. The van der Waals surface area contributed by atoms with E-state index in [1.54, 1.807) is 0 Å². The highest BCUT2D eigenvalue weighted by Gasteiger charge is 2.48. The van der Waals surface area contributed by atoms with E-state index < -0.39 is 0 Å². The van der Waals surface area contributed by atoms with E-state index in [1.165, 1.54) is 50.2 Å². The van der Waals surface area contributed by atoms with Gasteiger partial charge in [-0.3, -0.25) is 9.80 Å². The highest BCUT2D eigenvalue weighted by Crippen LogP contribution is 2.52. The summed E-state index contributed by atoms with van der Waals surface area (Å²) in [6, 6.07) is 42.9. The highest BCUT2D eigenvalue weighted by atomic mass is 15.3. The average molecular weight is 620 g/mol. The molecular formula is C44H49N3. The second kappa shape index (κ2) is 10.7. The predicted molar refractivity (Wildman–Crippen MR) is 200 cm³/mol. The predicted octanol–water partition coefficient (Wildman–Crippen LogP) is 11.3. The third kappa shape index (κ3) is 4.70. The molecule has 0 amide bonds. The second-order valence-corrected chi connectivity index (χ2v) is 15.6. The van der Waals surface area contributed by atoms with Crippen molar-refractivity contribution >= 4 is 17.1 Å². The molecule has 0 saturated carbocycles. The summed E-state index contributed by atoms with van der Waals surface area (Å²) in [6.45, 7) is 18.7. The van der Waals surface area contributed by atoms with E-state index in [9.17, 15) is 0 Å². The molecule has 2 aliphatic heterocycles. The fourth-order valence-corrected chi connectivity index (χ4v) is 8.36. The van der Waals surface area contributed by atoms with Crippen LogP contribution in [0.25, 0.3) is 22.3 Å². The molecule has 0 bridgehead atoms. The number of nitrogens with zero attached hydrogens (tertiary/aromatic N) is 3. The molecule has 2 heterocycles. The Bertz CT molecular complexity index is 1930.